The van der Waals surface area contributed by atoms with Crippen LogP contribution in [-0.4, -0.2) is 10.7 Å². The van der Waals surface area contributed by atoms with Gasteiger partial charge in [0.2, 0.25) is 0 Å². The van der Waals surface area contributed by atoms with E-state index in [1.165, 1.54) is 11.1 Å². The molecule has 28 heavy (non-hydrogen) atoms. The second kappa shape index (κ2) is 9.17. The molecular formula is C24H32Cl2NO+. The van der Waals surface area contributed by atoms with Gasteiger partial charge < -0.3 is 10.4 Å². The van der Waals surface area contributed by atoms with Gasteiger partial charge in [-0.15, -0.1) is 0 Å². The van der Waals surface area contributed by atoms with E-state index in [-0.39, 0.29) is 23.9 Å². The maximum Gasteiger partial charge on any atom is 0.118 e. The molecule has 1 saturated heterocycles. The van der Waals surface area contributed by atoms with E-state index < -0.39 is 5.60 Å². The molecule has 1 aliphatic rings. The van der Waals surface area contributed by atoms with E-state index in [4.69, 9.17) is 23.2 Å². The first-order chi connectivity index (χ1) is 13.4. The smallest absolute Gasteiger partial charge is 0.118 e. The number of aliphatic hydroxyl groups is 1. The third-order valence-corrected chi connectivity index (χ3v) is 7.08. The lowest BCUT2D eigenvalue weighted by molar-refractivity contribution is -0.765. The minimum atomic E-state index is -0.700. The van der Waals surface area contributed by atoms with Gasteiger partial charge in [-0.1, -0.05) is 81.1 Å². The van der Waals surface area contributed by atoms with Crippen LogP contribution in [0.5, 0.6) is 0 Å². The van der Waals surface area contributed by atoms with Crippen LogP contribution in [-0.2, 0) is 0 Å². The molecule has 0 bridgehead atoms. The molecule has 0 radical (unpaired) electrons. The minimum Gasteiger partial charge on any atom is -0.389 e. The average Bonchev–Trinajstić information content (AvgIpc) is 2.68. The van der Waals surface area contributed by atoms with Crippen LogP contribution in [0, 0.1) is 11.8 Å². The summed E-state index contributed by atoms with van der Waals surface area (Å²) >= 11 is 12.3. The Labute approximate surface area is 179 Å². The first-order valence-electron chi connectivity index (χ1n) is 10.5. The molecule has 3 rings (SSSR count). The van der Waals surface area contributed by atoms with E-state index in [1.54, 1.807) is 0 Å². The molecule has 1 fully saturated rings. The highest BCUT2D eigenvalue weighted by Crippen LogP contribution is 2.47. The summed E-state index contributed by atoms with van der Waals surface area (Å²) in [5, 5.41) is 16.0. The van der Waals surface area contributed by atoms with Crippen molar-refractivity contribution < 1.29 is 10.4 Å². The monoisotopic (exact) mass is 420 g/mol. The van der Waals surface area contributed by atoms with E-state index in [1.807, 2.05) is 24.3 Å². The van der Waals surface area contributed by atoms with Crippen LogP contribution in [0.2, 0.25) is 10.0 Å². The average molecular weight is 421 g/mol. The van der Waals surface area contributed by atoms with Crippen molar-refractivity contribution in [2.24, 2.45) is 11.8 Å². The quantitative estimate of drug-likeness (QED) is 0.595. The highest BCUT2D eigenvalue weighted by atomic mass is 35.5. The lowest BCUT2D eigenvalue weighted by atomic mass is 9.62. The van der Waals surface area contributed by atoms with Gasteiger partial charge >= 0.3 is 0 Å². The molecular weight excluding hydrogens is 389 g/mol. The van der Waals surface area contributed by atoms with Gasteiger partial charge in [0, 0.05) is 33.0 Å². The predicted molar refractivity (Wildman–Crippen MR) is 118 cm³/mol. The highest BCUT2D eigenvalue weighted by molar-refractivity contribution is 6.30. The highest BCUT2D eigenvalue weighted by Gasteiger charge is 2.54. The third-order valence-electron chi connectivity index (χ3n) is 6.58. The number of hydrogen-bond acceptors (Lipinski definition) is 1. The number of halogens is 2. The summed E-state index contributed by atoms with van der Waals surface area (Å²) in [6.45, 7) is 6.59. The second-order valence-corrected chi connectivity index (χ2v) is 9.15. The van der Waals surface area contributed by atoms with E-state index >= 15 is 0 Å². The van der Waals surface area contributed by atoms with Crippen molar-refractivity contribution in [1.82, 2.24) is 0 Å². The van der Waals surface area contributed by atoms with Gasteiger partial charge in [0.05, 0.1) is 5.60 Å². The number of quaternary nitrogens is 1. The fourth-order valence-electron chi connectivity index (χ4n) is 5.15. The topological polar surface area (TPSA) is 36.8 Å². The number of benzene rings is 2. The number of hydrogen-bond donors (Lipinski definition) is 2. The largest absolute Gasteiger partial charge is 0.389 e. The molecule has 0 saturated carbocycles. The zero-order valence-electron chi connectivity index (χ0n) is 17.0. The van der Waals surface area contributed by atoms with Gasteiger partial charge in [-0.05, 0) is 37.1 Å². The molecule has 0 aromatic heterocycles. The van der Waals surface area contributed by atoms with E-state index in [0.29, 0.717) is 0 Å². The van der Waals surface area contributed by atoms with E-state index in [9.17, 15) is 5.11 Å². The Morgan fingerprint density at radius 3 is 1.82 bits per heavy atom. The van der Waals surface area contributed by atoms with Crippen molar-refractivity contribution in [3.63, 3.8) is 0 Å². The third kappa shape index (κ3) is 4.26. The van der Waals surface area contributed by atoms with E-state index in [0.717, 1.165) is 35.7 Å². The van der Waals surface area contributed by atoms with Crippen LogP contribution in [0.4, 0.5) is 0 Å². The van der Waals surface area contributed by atoms with Crippen molar-refractivity contribution in [3.05, 3.63) is 69.7 Å². The molecule has 3 N–H and O–H groups in total. The molecule has 4 heteroatoms. The van der Waals surface area contributed by atoms with Gasteiger partial charge in [0.25, 0.3) is 0 Å². The van der Waals surface area contributed by atoms with Crippen molar-refractivity contribution in [1.29, 1.82) is 0 Å². The second-order valence-electron chi connectivity index (χ2n) is 8.27. The standard InChI is InChI=1S/C24H31Cl2NO/c1-4-6-21-23(18-9-13-20(26)14-10-18)27-22(16(3)24(21,28)15-5-2)17-7-11-19(25)12-8-17/h7-14,16,21-23,27-28H,4-6,15H2,1-3H3/p+1. The van der Waals surface area contributed by atoms with Crippen LogP contribution in [0.1, 0.15) is 69.7 Å². The van der Waals surface area contributed by atoms with Crippen LogP contribution in [0.3, 0.4) is 0 Å². The molecule has 5 unspecified atom stereocenters. The number of rotatable bonds is 6. The summed E-state index contributed by atoms with van der Waals surface area (Å²) in [5.74, 6) is 0.353. The summed E-state index contributed by atoms with van der Waals surface area (Å²) in [4.78, 5) is 0. The molecule has 152 valence electrons. The zero-order valence-corrected chi connectivity index (χ0v) is 18.5. The predicted octanol–water partition coefficient (Wildman–Crippen LogP) is 5.94. The van der Waals surface area contributed by atoms with Crippen LogP contribution >= 0.6 is 23.2 Å². The van der Waals surface area contributed by atoms with Crippen LogP contribution in [0.25, 0.3) is 0 Å². The Balaban J connectivity index is 2.06. The van der Waals surface area contributed by atoms with Crippen molar-refractivity contribution >= 4 is 23.2 Å². The first kappa shape index (κ1) is 21.6. The van der Waals surface area contributed by atoms with Crippen molar-refractivity contribution in [2.45, 2.75) is 64.1 Å². The fraction of sp³-hybridized carbons (Fsp3) is 0.500. The van der Waals surface area contributed by atoms with E-state index in [2.05, 4.69) is 50.4 Å². The number of nitrogens with two attached hydrogens (primary N) is 1. The minimum absolute atomic E-state index is 0.147. The Bertz CT molecular complexity index is 761. The molecule has 5 atom stereocenters. The lowest BCUT2D eigenvalue weighted by Gasteiger charge is -2.51. The SMILES string of the molecule is CCCC1C(c2ccc(Cl)cc2)[NH2+]C(c2ccc(Cl)cc2)C(C)C1(O)CCC. The fourth-order valence-corrected chi connectivity index (χ4v) is 5.40. The normalized spacial score (nSPS) is 30.4. The maximum atomic E-state index is 12.0. The maximum absolute atomic E-state index is 12.0. The molecule has 0 amide bonds. The summed E-state index contributed by atoms with van der Waals surface area (Å²) in [6.07, 6.45) is 3.87. The Hall–Kier alpha value is -1.06. The van der Waals surface area contributed by atoms with Crippen molar-refractivity contribution in [2.75, 3.05) is 0 Å². The van der Waals surface area contributed by atoms with Crippen LogP contribution < -0.4 is 5.32 Å². The van der Waals surface area contributed by atoms with Gasteiger partial charge in [-0.3, -0.25) is 0 Å². The molecule has 1 aliphatic heterocycles. The molecule has 2 aromatic rings. The van der Waals surface area contributed by atoms with Gasteiger partial charge in [-0.25, -0.2) is 0 Å². The molecule has 2 nitrogen and oxygen atoms in total. The first-order valence-corrected chi connectivity index (χ1v) is 11.2. The number of piperidine rings is 1. The summed E-state index contributed by atoms with van der Waals surface area (Å²) in [6, 6.07) is 16.6. The Morgan fingerprint density at radius 2 is 1.36 bits per heavy atom. The molecule has 0 aliphatic carbocycles. The molecule has 0 spiro atoms. The Kier molecular flexibility index (Phi) is 7.09. The molecule has 2 aromatic carbocycles. The zero-order chi connectivity index (χ0) is 20.3. The van der Waals surface area contributed by atoms with Crippen LogP contribution in [0.15, 0.2) is 48.5 Å². The van der Waals surface area contributed by atoms with Gasteiger partial charge in [-0.2, -0.15) is 0 Å². The Morgan fingerprint density at radius 1 is 0.857 bits per heavy atom. The summed E-state index contributed by atoms with van der Waals surface area (Å²) in [5.41, 5.74) is 1.76. The molecule has 1 heterocycles. The van der Waals surface area contributed by atoms with Crippen molar-refractivity contribution in [3.8, 4) is 0 Å². The van der Waals surface area contributed by atoms with Gasteiger partial charge in [0.1, 0.15) is 12.1 Å². The summed E-state index contributed by atoms with van der Waals surface area (Å²) in [7, 11) is 0. The lowest BCUT2D eigenvalue weighted by Crippen LogP contribution is -2.93. The summed E-state index contributed by atoms with van der Waals surface area (Å²) < 4.78 is 0. The van der Waals surface area contributed by atoms with Gasteiger partial charge in [0.15, 0.2) is 0 Å².